The lowest BCUT2D eigenvalue weighted by atomic mass is 10.2. The first-order chi connectivity index (χ1) is 8.91. The molecule has 3 N–H and O–H groups in total. The number of nitrogen functional groups attached to an aromatic ring is 1. The van der Waals surface area contributed by atoms with Crippen LogP contribution in [0.1, 0.15) is 11.3 Å². The molecule has 0 saturated heterocycles. The molecular formula is C13H11F2N3O. The minimum Gasteiger partial charge on any atom is -0.384 e. The summed E-state index contributed by atoms with van der Waals surface area (Å²) in [6.45, 7) is 1.54. The van der Waals surface area contributed by atoms with Crippen molar-refractivity contribution < 1.29 is 8.78 Å². The zero-order valence-electron chi connectivity index (χ0n) is 10.1. The molecule has 1 heterocycles. The first-order valence-electron chi connectivity index (χ1n) is 5.44. The van der Waals surface area contributed by atoms with Crippen LogP contribution in [0.5, 0.6) is 0 Å². The van der Waals surface area contributed by atoms with Crippen molar-refractivity contribution in [3.63, 3.8) is 0 Å². The molecule has 0 saturated carbocycles. The minimum absolute atomic E-state index is 0.103. The molecule has 2 rings (SSSR count). The van der Waals surface area contributed by atoms with Gasteiger partial charge in [-0.3, -0.25) is 10.2 Å². The van der Waals surface area contributed by atoms with Gasteiger partial charge in [0.1, 0.15) is 23.2 Å². The summed E-state index contributed by atoms with van der Waals surface area (Å²) in [5.41, 5.74) is 4.75. The van der Waals surface area contributed by atoms with Crippen LogP contribution in [0.2, 0.25) is 0 Å². The predicted molar refractivity (Wildman–Crippen MR) is 67.7 cm³/mol. The Morgan fingerprint density at radius 3 is 2.42 bits per heavy atom. The Morgan fingerprint density at radius 2 is 1.89 bits per heavy atom. The number of benzene rings is 1. The van der Waals surface area contributed by atoms with E-state index in [-0.39, 0.29) is 11.3 Å². The molecule has 0 bridgehead atoms. The Balaban J connectivity index is 2.80. The summed E-state index contributed by atoms with van der Waals surface area (Å²) >= 11 is 0. The fourth-order valence-electron chi connectivity index (χ4n) is 1.79. The van der Waals surface area contributed by atoms with Gasteiger partial charge in [0.15, 0.2) is 5.43 Å². The van der Waals surface area contributed by atoms with Gasteiger partial charge in [0.2, 0.25) is 0 Å². The van der Waals surface area contributed by atoms with Crippen LogP contribution >= 0.6 is 0 Å². The van der Waals surface area contributed by atoms with Crippen molar-refractivity contribution in [3.8, 4) is 5.69 Å². The molecule has 0 aliphatic carbocycles. The molecule has 0 atom stereocenters. The minimum atomic E-state index is -0.763. The Labute approximate surface area is 107 Å². The number of para-hydroxylation sites is 1. The zero-order valence-corrected chi connectivity index (χ0v) is 10.1. The summed E-state index contributed by atoms with van der Waals surface area (Å²) < 4.78 is 28.6. The molecule has 1 aromatic heterocycles. The first-order valence-corrected chi connectivity index (χ1v) is 5.44. The summed E-state index contributed by atoms with van der Waals surface area (Å²) in [7, 11) is 0. The number of hydrogen-bond acceptors (Lipinski definition) is 2. The molecule has 6 heteroatoms. The van der Waals surface area contributed by atoms with Crippen LogP contribution in [0.4, 0.5) is 8.78 Å². The standard InChI is InChI=1S/C13H11F2N3O/c1-7-5-11(19)8(13(16)17)6-18(7)12-9(14)3-2-4-10(12)15/h2-6H,1H3,(H3,16,17). The van der Waals surface area contributed by atoms with E-state index in [1.165, 1.54) is 29.8 Å². The van der Waals surface area contributed by atoms with Gasteiger partial charge in [-0.25, -0.2) is 8.78 Å². The fourth-order valence-corrected chi connectivity index (χ4v) is 1.79. The summed E-state index contributed by atoms with van der Waals surface area (Å²) in [4.78, 5) is 11.6. The van der Waals surface area contributed by atoms with Gasteiger partial charge in [0.25, 0.3) is 0 Å². The number of nitrogens with two attached hydrogens (primary N) is 1. The predicted octanol–water partition coefficient (Wildman–Crippen LogP) is 1.71. The lowest BCUT2D eigenvalue weighted by molar-refractivity contribution is 0.567. The fraction of sp³-hybridized carbons (Fsp3) is 0.0769. The summed E-state index contributed by atoms with van der Waals surface area (Å²) in [5.74, 6) is -1.97. The maximum Gasteiger partial charge on any atom is 0.192 e. The van der Waals surface area contributed by atoms with E-state index in [0.717, 1.165) is 12.1 Å². The van der Waals surface area contributed by atoms with Gasteiger partial charge in [-0.15, -0.1) is 0 Å². The third-order valence-corrected chi connectivity index (χ3v) is 2.71. The third kappa shape index (κ3) is 2.24. The Hall–Kier alpha value is -2.50. The second-order valence-corrected chi connectivity index (χ2v) is 4.05. The summed E-state index contributed by atoms with van der Waals surface area (Å²) in [6.07, 6.45) is 1.17. The van der Waals surface area contributed by atoms with Crippen molar-refractivity contribution in [3.05, 3.63) is 63.6 Å². The number of rotatable bonds is 2. The van der Waals surface area contributed by atoms with E-state index in [1.54, 1.807) is 0 Å². The van der Waals surface area contributed by atoms with Crippen LogP contribution in [-0.4, -0.2) is 10.4 Å². The molecule has 0 aliphatic heterocycles. The number of nitrogens with one attached hydrogen (secondary N) is 1. The van der Waals surface area contributed by atoms with Crippen LogP contribution in [0.15, 0.2) is 35.3 Å². The number of aromatic nitrogens is 1. The number of aryl methyl sites for hydroxylation is 1. The highest BCUT2D eigenvalue weighted by Crippen LogP contribution is 2.18. The summed E-state index contributed by atoms with van der Waals surface area (Å²) in [6, 6.07) is 4.66. The average Bonchev–Trinajstić information content (AvgIpc) is 2.30. The second-order valence-electron chi connectivity index (χ2n) is 4.05. The van der Waals surface area contributed by atoms with Crippen molar-refractivity contribution in [2.75, 3.05) is 0 Å². The smallest absolute Gasteiger partial charge is 0.192 e. The van der Waals surface area contributed by atoms with E-state index in [2.05, 4.69) is 0 Å². The van der Waals surface area contributed by atoms with E-state index in [9.17, 15) is 13.6 Å². The van der Waals surface area contributed by atoms with Crippen LogP contribution in [0.25, 0.3) is 5.69 Å². The van der Waals surface area contributed by atoms with Gasteiger partial charge in [0, 0.05) is 18.0 Å². The topological polar surface area (TPSA) is 71.9 Å². The number of nitrogens with zero attached hydrogens (tertiary/aromatic N) is 1. The summed E-state index contributed by atoms with van der Waals surface area (Å²) in [5, 5.41) is 7.29. The molecule has 98 valence electrons. The highest BCUT2D eigenvalue weighted by atomic mass is 19.1. The van der Waals surface area contributed by atoms with Gasteiger partial charge in [-0.1, -0.05) is 6.07 Å². The largest absolute Gasteiger partial charge is 0.384 e. The highest BCUT2D eigenvalue weighted by Gasteiger charge is 2.14. The van der Waals surface area contributed by atoms with Gasteiger partial charge < -0.3 is 10.3 Å². The quantitative estimate of drug-likeness (QED) is 0.639. The number of pyridine rings is 1. The molecule has 0 amide bonds. The second kappa shape index (κ2) is 4.64. The number of halogens is 2. The molecule has 0 aliphatic rings. The van der Waals surface area contributed by atoms with Crippen LogP contribution in [0, 0.1) is 24.0 Å². The normalized spacial score (nSPS) is 10.5. The molecule has 0 fully saturated rings. The molecule has 0 radical (unpaired) electrons. The lowest BCUT2D eigenvalue weighted by Gasteiger charge is -2.13. The maximum atomic E-state index is 13.7. The van der Waals surface area contributed by atoms with E-state index in [4.69, 9.17) is 11.1 Å². The average molecular weight is 263 g/mol. The monoisotopic (exact) mass is 263 g/mol. The van der Waals surface area contributed by atoms with Crippen LogP contribution < -0.4 is 11.2 Å². The Kier molecular flexibility index (Phi) is 3.16. The molecule has 1 aromatic carbocycles. The molecule has 19 heavy (non-hydrogen) atoms. The van der Waals surface area contributed by atoms with Gasteiger partial charge >= 0.3 is 0 Å². The Bertz CT molecular complexity index is 702. The molecule has 4 nitrogen and oxygen atoms in total. The van der Waals surface area contributed by atoms with Gasteiger partial charge in [-0.05, 0) is 19.1 Å². The maximum absolute atomic E-state index is 13.7. The SMILES string of the molecule is Cc1cc(=O)c(C(=N)N)cn1-c1c(F)cccc1F. The zero-order chi connectivity index (χ0) is 14.2. The van der Waals surface area contributed by atoms with Crippen molar-refractivity contribution in [1.29, 1.82) is 5.41 Å². The van der Waals surface area contributed by atoms with E-state index < -0.39 is 22.9 Å². The molecular weight excluding hydrogens is 252 g/mol. The third-order valence-electron chi connectivity index (χ3n) is 2.71. The van der Waals surface area contributed by atoms with Crippen molar-refractivity contribution >= 4 is 5.84 Å². The number of hydrogen-bond donors (Lipinski definition) is 2. The van der Waals surface area contributed by atoms with E-state index in [0.29, 0.717) is 5.69 Å². The van der Waals surface area contributed by atoms with Crippen molar-refractivity contribution in [2.45, 2.75) is 6.92 Å². The van der Waals surface area contributed by atoms with Crippen molar-refractivity contribution in [1.82, 2.24) is 4.57 Å². The van der Waals surface area contributed by atoms with Crippen LogP contribution in [0.3, 0.4) is 0 Å². The van der Waals surface area contributed by atoms with E-state index >= 15 is 0 Å². The van der Waals surface area contributed by atoms with Crippen LogP contribution in [-0.2, 0) is 0 Å². The number of amidine groups is 1. The van der Waals surface area contributed by atoms with Gasteiger partial charge in [-0.2, -0.15) is 0 Å². The first kappa shape index (κ1) is 12.9. The molecule has 0 unspecified atom stereocenters. The van der Waals surface area contributed by atoms with Gasteiger partial charge in [0.05, 0.1) is 5.56 Å². The highest BCUT2D eigenvalue weighted by molar-refractivity contribution is 5.94. The van der Waals surface area contributed by atoms with Crippen molar-refractivity contribution in [2.24, 2.45) is 5.73 Å². The molecule has 0 spiro atoms. The lowest BCUT2D eigenvalue weighted by Crippen LogP contribution is -2.24. The molecule has 2 aromatic rings. The Morgan fingerprint density at radius 1 is 1.32 bits per heavy atom. The van der Waals surface area contributed by atoms with E-state index in [1.807, 2.05) is 0 Å².